The molecule has 1 aliphatic heterocycles. The smallest absolute Gasteiger partial charge is 0.226 e. The molecule has 1 atom stereocenters. The second-order valence-corrected chi connectivity index (χ2v) is 6.63. The number of hydrogen-bond donors (Lipinski definition) is 1. The fourth-order valence-corrected chi connectivity index (χ4v) is 3.13. The predicted molar refractivity (Wildman–Crippen MR) is 94.6 cm³/mol. The molecule has 134 valence electrons. The van der Waals surface area contributed by atoms with Gasteiger partial charge in [0.1, 0.15) is 17.5 Å². The number of benzene rings is 1. The van der Waals surface area contributed by atoms with Crippen molar-refractivity contribution in [1.82, 2.24) is 14.9 Å². The van der Waals surface area contributed by atoms with Crippen LogP contribution >= 0.6 is 0 Å². The van der Waals surface area contributed by atoms with Crippen molar-refractivity contribution in [2.24, 2.45) is 0 Å². The number of nitrogens with one attached hydrogen (secondary N) is 1. The number of piperidine rings is 1. The molecule has 0 radical (unpaired) electrons. The molecule has 0 aliphatic carbocycles. The summed E-state index contributed by atoms with van der Waals surface area (Å²) in [7, 11) is 3.80. The summed E-state index contributed by atoms with van der Waals surface area (Å²) in [5, 5.41) is 3.45. The zero-order valence-electron chi connectivity index (χ0n) is 14.5. The summed E-state index contributed by atoms with van der Waals surface area (Å²) in [6.45, 7) is 2.27. The molecule has 25 heavy (non-hydrogen) atoms. The van der Waals surface area contributed by atoms with E-state index in [9.17, 15) is 8.78 Å². The zero-order chi connectivity index (χ0) is 17.8. The molecule has 0 amide bonds. The normalized spacial score (nSPS) is 18.2. The molecule has 1 N–H and O–H groups in total. The lowest BCUT2D eigenvalue weighted by atomic mass is 10.0. The van der Waals surface area contributed by atoms with Gasteiger partial charge in [-0.25, -0.2) is 13.8 Å². The third kappa shape index (κ3) is 4.85. The monoisotopic (exact) mass is 347 g/mol. The number of hydrogen-bond acceptors (Lipinski definition) is 5. The van der Waals surface area contributed by atoms with Crippen LogP contribution in [0.4, 0.5) is 20.5 Å². The Balaban J connectivity index is 1.62. The van der Waals surface area contributed by atoms with Gasteiger partial charge in [0.05, 0.1) is 0 Å². The van der Waals surface area contributed by atoms with E-state index in [1.807, 2.05) is 25.1 Å². The van der Waals surface area contributed by atoms with E-state index in [1.165, 1.54) is 12.1 Å². The fourth-order valence-electron chi connectivity index (χ4n) is 3.13. The summed E-state index contributed by atoms with van der Waals surface area (Å²) < 4.78 is 26.7. The van der Waals surface area contributed by atoms with Crippen LogP contribution in [0.15, 0.2) is 30.5 Å². The topological polar surface area (TPSA) is 44.3 Å². The minimum absolute atomic E-state index is 0.247. The third-order valence-electron chi connectivity index (χ3n) is 4.23. The number of aromatic nitrogens is 2. The third-order valence-corrected chi connectivity index (χ3v) is 4.23. The Morgan fingerprint density at radius 3 is 2.72 bits per heavy atom. The summed E-state index contributed by atoms with van der Waals surface area (Å²) >= 11 is 0. The van der Waals surface area contributed by atoms with E-state index in [1.54, 1.807) is 6.20 Å². The predicted octanol–water partition coefficient (Wildman–Crippen LogP) is 2.90. The molecular formula is C18H23F2N5. The van der Waals surface area contributed by atoms with Crippen LogP contribution < -0.4 is 10.2 Å². The van der Waals surface area contributed by atoms with E-state index in [0.29, 0.717) is 18.1 Å². The molecule has 1 aromatic heterocycles. The molecule has 0 spiro atoms. The highest BCUT2D eigenvalue weighted by molar-refractivity contribution is 5.41. The molecule has 1 unspecified atom stereocenters. The van der Waals surface area contributed by atoms with Gasteiger partial charge in [-0.2, -0.15) is 4.98 Å². The molecule has 7 heteroatoms. The molecule has 5 nitrogen and oxygen atoms in total. The molecule has 0 bridgehead atoms. The lowest BCUT2D eigenvalue weighted by molar-refractivity contribution is 0.208. The molecule has 1 aliphatic rings. The molecule has 3 rings (SSSR count). The van der Waals surface area contributed by atoms with Crippen molar-refractivity contribution in [3.8, 4) is 0 Å². The van der Waals surface area contributed by atoms with Crippen molar-refractivity contribution in [3.63, 3.8) is 0 Å². The molecular weight excluding hydrogens is 324 g/mol. The summed E-state index contributed by atoms with van der Waals surface area (Å²) in [4.78, 5) is 12.8. The molecule has 0 saturated carbocycles. The Hall–Kier alpha value is -2.28. The van der Waals surface area contributed by atoms with E-state index in [4.69, 9.17) is 0 Å². The standard InChI is InChI=1S/C18H23F2N5/c1-24(2)18-21-6-5-17(23-18)22-16-4-3-7-25(12-16)11-13-8-14(19)10-15(20)9-13/h5-6,8-10,16H,3-4,7,11-12H2,1-2H3,(H,21,22,23). The Morgan fingerprint density at radius 2 is 2.00 bits per heavy atom. The van der Waals surface area contributed by atoms with Gasteiger partial charge in [0.25, 0.3) is 0 Å². The maximum atomic E-state index is 13.4. The molecule has 1 saturated heterocycles. The van der Waals surface area contributed by atoms with Gasteiger partial charge in [-0.15, -0.1) is 0 Å². The van der Waals surface area contributed by atoms with Crippen LogP contribution in [0.3, 0.4) is 0 Å². The van der Waals surface area contributed by atoms with E-state index < -0.39 is 11.6 Å². The first-order chi connectivity index (χ1) is 12.0. The van der Waals surface area contributed by atoms with Crippen LogP contribution in [-0.4, -0.2) is 48.1 Å². The fraction of sp³-hybridized carbons (Fsp3) is 0.444. The van der Waals surface area contributed by atoms with Crippen molar-refractivity contribution >= 4 is 11.8 Å². The zero-order valence-corrected chi connectivity index (χ0v) is 14.5. The highest BCUT2D eigenvalue weighted by Crippen LogP contribution is 2.18. The van der Waals surface area contributed by atoms with Crippen LogP contribution in [0.5, 0.6) is 0 Å². The van der Waals surface area contributed by atoms with E-state index >= 15 is 0 Å². The van der Waals surface area contributed by atoms with Gasteiger partial charge in [0.15, 0.2) is 0 Å². The first kappa shape index (κ1) is 17.5. The highest BCUT2D eigenvalue weighted by atomic mass is 19.1. The summed E-state index contributed by atoms with van der Waals surface area (Å²) in [5.41, 5.74) is 0.662. The van der Waals surface area contributed by atoms with Crippen LogP contribution in [0.1, 0.15) is 18.4 Å². The highest BCUT2D eigenvalue weighted by Gasteiger charge is 2.20. The molecule has 1 fully saturated rings. The minimum atomic E-state index is -0.529. The van der Waals surface area contributed by atoms with E-state index in [-0.39, 0.29) is 6.04 Å². The van der Waals surface area contributed by atoms with Crippen molar-refractivity contribution in [1.29, 1.82) is 0 Å². The van der Waals surface area contributed by atoms with Crippen LogP contribution in [0.2, 0.25) is 0 Å². The van der Waals surface area contributed by atoms with Gasteiger partial charge in [0.2, 0.25) is 5.95 Å². The largest absolute Gasteiger partial charge is 0.366 e. The Morgan fingerprint density at radius 1 is 1.24 bits per heavy atom. The van der Waals surface area contributed by atoms with Crippen molar-refractivity contribution in [2.75, 3.05) is 37.4 Å². The quantitative estimate of drug-likeness (QED) is 0.901. The maximum absolute atomic E-state index is 13.4. The summed E-state index contributed by atoms with van der Waals surface area (Å²) in [6, 6.07) is 5.80. The molecule has 1 aromatic carbocycles. The summed E-state index contributed by atoms with van der Waals surface area (Å²) in [5.74, 6) is 0.396. The Kier molecular flexibility index (Phi) is 5.43. The van der Waals surface area contributed by atoms with Gasteiger partial charge < -0.3 is 10.2 Å². The lowest BCUT2D eigenvalue weighted by Gasteiger charge is -2.33. The van der Waals surface area contributed by atoms with Crippen LogP contribution in [-0.2, 0) is 6.54 Å². The van der Waals surface area contributed by atoms with Crippen molar-refractivity contribution in [2.45, 2.75) is 25.4 Å². The SMILES string of the molecule is CN(C)c1nccc(NC2CCCN(Cc3cc(F)cc(F)c3)C2)n1. The minimum Gasteiger partial charge on any atom is -0.366 e. The first-order valence-electron chi connectivity index (χ1n) is 8.44. The molecule has 2 heterocycles. The Labute approximate surface area is 146 Å². The first-order valence-corrected chi connectivity index (χ1v) is 8.44. The van der Waals surface area contributed by atoms with E-state index in [2.05, 4.69) is 20.2 Å². The van der Waals surface area contributed by atoms with Crippen molar-refractivity contribution < 1.29 is 8.78 Å². The van der Waals surface area contributed by atoms with Gasteiger partial charge in [-0.3, -0.25) is 4.90 Å². The number of halogens is 2. The number of rotatable bonds is 5. The Bertz CT molecular complexity index is 702. The van der Waals surface area contributed by atoms with Crippen molar-refractivity contribution in [3.05, 3.63) is 47.7 Å². The lowest BCUT2D eigenvalue weighted by Crippen LogP contribution is -2.41. The van der Waals surface area contributed by atoms with Crippen LogP contribution in [0, 0.1) is 11.6 Å². The number of anilines is 2. The number of nitrogens with zero attached hydrogens (tertiary/aromatic N) is 4. The van der Waals surface area contributed by atoms with Crippen LogP contribution in [0.25, 0.3) is 0 Å². The van der Waals surface area contributed by atoms with Gasteiger partial charge in [0, 0.05) is 45.5 Å². The van der Waals surface area contributed by atoms with Gasteiger partial charge in [-0.05, 0) is 43.1 Å². The summed E-state index contributed by atoms with van der Waals surface area (Å²) in [6.07, 6.45) is 3.80. The van der Waals surface area contributed by atoms with Gasteiger partial charge in [-0.1, -0.05) is 0 Å². The number of likely N-dealkylation sites (tertiary alicyclic amines) is 1. The average Bonchev–Trinajstić information content (AvgIpc) is 2.54. The second kappa shape index (κ2) is 7.74. The van der Waals surface area contributed by atoms with Gasteiger partial charge >= 0.3 is 0 Å². The van der Waals surface area contributed by atoms with E-state index in [0.717, 1.165) is 37.8 Å². The molecule has 2 aromatic rings. The maximum Gasteiger partial charge on any atom is 0.226 e. The second-order valence-electron chi connectivity index (χ2n) is 6.63. The average molecular weight is 347 g/mol.